The molecule has 1 aromatic carbocycles. The van der Waals surface area contributed by atoms with Crippen LogP contribution in [0.15, 0.2) is 30.4 Å². The molecule has 0 spiro atoms. The van der Waals surface area contributed by atoms with Gasteiger partial charge in [-0.25, -0.2) is 9.69 Å². The lowest BCUT2D eigenvalue weighted by atomic mass is 9.85. The molecule has 0 unspecified atom stereocenters. The SMILES string of the molecule is O=C(O)c1ccc(N2CCCCC2)c(N2C(=O)[C@@H]3[C@H](C2=O)[C@H]2C=C[C@H]3C2)c1. The molecule has 2 aliphatic carbocycles. The van der Waals surface area contributed by atoms with Crippen molar-refractivity contribution in [2.24, 2.45) is 23.7 Å². The number of carboxylic acids is 1. The Hall–Kier alpha value is -2.63. The van der Waals surface area contributed by atoms with E-state index in [2.05, 4.69) is 17.1 Å². The number of carboxylic acid groups (broad SMARTS) is 1. The number of hydrogen-bond acceptors (Lipinski definition) is 4. The molecule has 1 N–H and O–H groups in total. The summed E-state index contributed by atoms with van der Waals surface area (Å²) in [6, 6.07) is 4.82. The number of hydrogen-bond donors (Lipinski definition) is 1. The molecule has 6 heteroatoms. The van der Waals surface area contributed by atoms with Crippen LogP contribution in [0.2, 0.25) is 0 Å². The molecule has 2 aliphatic heterocycles. The summed E-state index contributed by atoms with van der Waals surface area (Å²) in [6.07, 6.45) is 8.30. The van der Waals surface area contributed by atoms with E-state index in [0.717, 1.165) is 38.0 Å². The maximum Gasteiger partial charge on any atom is 0.335 e. The van der Waals surface area contributed by atoms with Crippen LogP contribution < -0.4 is 9.80 Å². The predicted octanol–water partition coefficient (Wildman–Crippen LogP) is 2.69. The third kappa shape index (κ3) is 2.35. The maximum atomic E-state index is 13.2. The van der Waals surface area contributed by atoms with E-state index in [1.54, 1.807) is 12.1 Å². The summed E-state index contributed by atoms with van der Waals surface area (Å²) in [5.41, 5.74) is 1.34. The highest BCUT2D eigenvalue weighted by atomic mass is 16.4. The molecule has 2 saturated heterocycles. The minimum absolute atomic E-state index is 0.101. The topological polar surface area (TPSA) is 77.9 Å². The number of benzene rings is 1. The van der Waals surface area contributed by atoms with Gasteiger partial charge in [0.15, 0.2) is 0 Å². The van der Waals surface area contributed by atoms with Crippen LogP contribution in [-0.2, 0) is 9.59 Å². The van der Waals surface area contributed by atoms with Crippen molar-refractivity contribution in [2.45, 2.75) is 25.7 Å². The average Bonchev–Trinajstić information content (AvgIpc) is 3.36. The zero-order chi connectivity index (χ0) is 18.7. The number of nitrogens with zero attached hydrogens (tertiary/aromatic N) is 2. The summed E-state index contributed by atoms with van der Waals surface area (Å²) in [5.74, 6) is -1.66. The van der Waals surface area contributed by atoms with Crippen molar-refractivity contribution in [3.8, 4) is 0 Å². The molecule has 27 heavy (non-hydrogen) atoms. The molecule has 4 aliphatic rings. The lowest BCUT2D eigenvalue weighted by molar-refractivity contribution is -0.123. The van der Waals surface area contributed by atoms with Gasteiger partial charge < -0.3 is 10.0 Å². The smallest absolute Gasteiger partial charge is 0.335 e. The second-order valence-electron chi connectivity index (χ2n) is 8.07. The van der Waals surface area contributed by atoms with E-state index in [9.17, 15) is 19.5 Å². The number of imide groups is 1. The van der Waals surface area contributed by atoms with E-state index < -0.39 is 5.97 Å². The Balaban J connectivity index is 1.59. The fourth-order valence-electron chi connectivity index (χ4n) is 5.38. The van der Waals surface area contributed by atoms with Gasteiger partial charge in [-0.1, -0.05) is 12.2 Å². The minimum atomic E-state index is -1.05. The average molecular weight is 366 g/mol. The summed E-state index contributed by atoms with van der Waals surface area (Å²) in [7, 11) is 0. The predicted molar refractivity (Wildman–Crippen MR) is 99.7 cm³/mol. The molecule has 4 atom stereocenters. The van der Waals surface area contributed by atoms with Crippen LogP contribution >= 0.6 is 0 Å². The van der Waals surface area contributed by atoms with Gasteiger partial charge in [0.25, 0.3) is 0 Å². The fraction of sp³-hybridized carbons (Fsp3) is 0.476. The first-order chi connectivity index (χ1) is 13.1. The van der Waals surface area contributed by atoms with Gasteiger partial charge in [0.1, 0.15) is 0 Å². The van der Waals surface area contributed by atoms with E-state index in [-0.39, 0.29) is 41.0 Å². The van der Waals surface area contributed by atoms with E-state index in [0.29, 0.717) is 5.69 Å². The molecular formula is C21H22N2O4. The zero-order valence-corrected chi connectivity index (χ0v) is 15.0. The number of allylic oxidation sites excluding steroid dienone is 2. The number of aromatic carboxylic acids is 1. The van der Waals surface area contributed by atoms with Crippen LogP contribution in [-0.4, -0.2) is 36.0 Å². The maximum absolute atomic E-state index is 13.2. The molecule has 1 saturated carbocycles. The number of carbonyl (C=O) groups is 3. The number of carbonyl (C=O) groups excluding carboxylic acids is 2. The van der Waals surface area contributed by atoms with Gasteiger partial charge in [-0.15, -0.1) is 0 Å². The Morgan fingerprint density at radius 1 is 0.926 bits per heavy atom. The van der Waals surface area contributed by atoms with Crippen molar-refractivity contribution in [3.05, 3.63) is 35.9 Å². The summed E-state index contributed by atoms with van der Waals surface area (Å²) in [6.45, 7) is 1.71. The van der Waals surface area contributed by atoms with Crippen molar-refractivity contribution in [1.82, 2.24) is 0 Å². The molecule has 2 heterocycles. The summed E-state index contributed by atoms with van der Waals surface area (Å²) >= 11 is 0. The van der Waals surface area contributed by atoms with E-state index in [1.165, 1.54) is 17.4 Å². The van der Waals surface area contributed by atoms with Gasteiger partial charge in [-0.2, -0.15) is 0 Å². The lowest BCUT2D eigenvalue weighted by Gasteiger charge is -2.32. The van der Waals surface area contributed by atoms with Gasteiger partial charge in [-0.3, -0.25) is 9.59 Å². The minimum Gasteiger partial charge on any atom is -0.478 e. The molecule has 2 bridgehead atoms. The van der Waals surface area contributed by atoms with Gasteiger partial charge in [0.05, 0.1) is 28.8 Å². The number of rotatable bonds is 3. The normalized spacial score (nSPS) is 31.7. The molecule has 5 rings (SSSR count). The summed E-state index contributed by atoms with van der Waals surface area (Å²) in [5, 5.41) is 9.43. The standard InChI is InChI=1S/C21H22N2O4/c24-19-17-12-4-5-13(10-12)18(17)20(25)23(19)16-11-14(21(26)27)6-7-15(16)22-8-2-1-3-9-22/h4-7,11-13,17-18H,1-3,8-10H2,(H,26,27)/t12-,13-,17-,18+/m0/s1. The first-order valence-electron chi connectivity index (χ1n) is 9.74. The van der Waals surface area contributed by atoms with Crippen molar-refractivity contribution in [3.63, 3.8) is 0 Å². The van der Waals surface area contributed by atoms with Gasteiger partial charge in [0.2, 0.25) is 11.8 Å². The van der Waals surface area contributed by atoms with Crippen LogP contribution in [0, 0.1) is 23.7 Å². The van der Waals surface area contributed by atoms with Crippen molar-refractivity contribution in [1.29, 1.82) is 0 Å². The number of amides is 2. The number of fused-ring (bicyclic) bond motifs is 5. The molecular weight excluding hydrogens is 344 g/mol. The first kappa shape index (κ1) is 16.5. The van der Waals surface area contributed by atoms with Crippen LogP contribution in [0.1, 0.15) is 36.0 Å². The number of anilines is 2. The highest BCUT2D eigenvalue weighted by molar-refractivity contribution is 6.24. The first-order valence-corrected chi connectivity index (χ1v) is 9.74. The molecule has 0 aromatic heterocycles. The van der Waals surface area contributed by atoms with Gasteiger partial charge >= 0.3 is 5.97 Å². The zero-order valence-electron chi connectivity index (χ0n) is 15.0. The molecule has 6 nitrogen and oxygen atoms in total. The third-order valence-corrected chi connectivity index (χ3v) is 6.63. The molecule has 2 amide bonds. The van der Waals surface area contributed by atoms with E-state index in [1.807, 2.05) is 0 Å². The fourth-order valence-corrected chi connectivity index (χ4v) is 5.38. The Morgan fingerprint density at radius 3 is 2.15 bits per heavy atom. The molecule has 0 radical (unpaired) electrons. The number of piperidine rings is 1. The second kappa shape index (κ2) is 5.94. The Kier molecular flexibility index (Phi) is 3.64. The van der Waals surface area contributed by atoms with Gasteiger partial charge in [0, 0.05) is 13.1 Å². The van der Waals surface area contributed by atoms with Crippen LogP contribution in [0.4, 0.5) is 11.4 Å². The Morgan fingerprint density at radius 2 is 1.56 bits per heavy atom. The summed E-state index contributed by atoms with van der Waals surface area (Å²) in [4.78, 5) is 41.4. The van der Waals surface area contributed by atoms with Crippen LogP contribution in [0.3, 0.4) is 0 Å². The monoisotopic (exact) mass is 366 g/mol. The van der Waals surface area contributed by atoms with Crippen LogP contribution in [0.5, 0.6) is 0 Å². The van der Waals surface area contributed by atoms with E-state index in [4.69, 9.17) is 0 Å². The Labute approximate surface area is 157 Å². The highest BCUT2D eigenvalue weighted by Crippen LogP contribution is 2.54. The Bertz CT molecular complexity index is 841. The second-order valence-corrected chi connectivity index (χ2v) is 8.07. The summed E-state index contributed by atoms with van der Waals surface area (Å²) < 4.78 is 0. The molecule has 3 fully saturated rings. The van der Waals surface area contributed by atoms with E-state index >= 15 is 0 Å². The highest BCUT2D eigenvalue weighted by Gasteiger charge is 2.60. The quantitative estimate of drug-likeness (QED) is 0.657. The molecule has 1 aromatic rings. The largest absolute Gasteiger partial charge is 0.478 e. The van der Waals surface area contributed by atoms with Crippen molar-refractivity contribution < 1.29 is 19.5 Å². The third-order valence-electron chi connectivity index (χ3n) is 6.63. The van der Waals surface area contributed by atoms with Gasteiger partial charge in [-0.05, 0) is 55.7 Å². The van der Waals surface area contributed by atoms with Crippen molar-refractivity contribution >= 4 is 29.2 Å². The van der Waals surface area contributed by atoms with Crippen LogP contribution in [0.25, 0.3) is 0 Å². The van der Waals surface area contributed by atoms with Crippen molar-refractivity contribution in [2.75, 3.05) is 22.9 Å². The lowest BCUT2D eigenvalue weighted by Crippen LogP contribution is -2.36. The molecule has 140 valence electrons.